The first-order valence-corrected chi connectivity index (χ1v) is 23.1. The van der Waals surface area contributed by atoms with Crippen molar-refractivity contribution in [3.05, 3.63) is 128 Å². The van der Waals surface area contributed by atoms with E-state index in [1.54, 1.807) is 47.0 Å². The number of benzene rings is 2. The molecule has 0 bridgehead atoms. The molecule has 2 amide bonds. The Labute approximate surface area is 362 Å². The van der Waals surface area contributed by atoms with Crippen LogP contribution in [-0.4, -0.2) is 59.5 Å². The highest BCUT2D eigenvalue weighted by molar-refractivity contribution is 7.11. The minimum atomic E-state index is -0.0595. The second kappa shape index (κ2) is 22.9. The molecule has 2 aromatic heterocycles. The van der Waals surface area contributed by atoms with Gasteiger partial charge in [0.05, 0.1) is 45.5 Å². The van der Waals surface area contributed by atoms with Gasteiger partial charge in [-0.2, -0.15) is 0 Å². The van der Waals surface area contributed by atoms with E-state index in [4.69, 9.17) is 9.47 Å². The van der Waals surface area contributed by atoms with E-state index in [0.717, 1.165) is 121 Å². The number of hydrogen-bond acceptors (Lipinski definition) is 8. The highest BCUT2D eigenvalue weighted by atomic mass is 32.1. The largest absolute Gasteiger partial charge is 0.494 e. The van der Waals surface area contributed by atoms with E-state index in [2.05, 4.69) is 0 Å². The van der Waals surface area contributed by atoms with Crippen molar-refractivity contribution in [3.63, 3.8) is 0 Å². The van der Waals surface area contributed by atoms with Gasteiger partial charge >= 0.3 is 0 Å². The molecule has 0 radical (unpaired) electrons. The lowest BCUT2D eigenvalue weighted by Gasteiger charge is -2.24. The molecule has 0 atom stereocenters. The summed E-state index contributed by atoms with van der Waals surface area (Å²) in [5.41, 5.74) is 4.62. The zero-order valence-electron chi connectivity index (χ0n) is 34.9. The molecule has 2 aromatic carbocycles. The van der Waals surface area contributed by atoms with Crippen LogP contribution in [-0.2, 0) is 19.2 Å². The Morgan fingerprint density at radius 1 is 0.517 bits per heavy atom. The fraction of sp³-hybridized carbons (Fsp3) is 0.360. The van der Waals surface area contributed by atoms with Gasteiger partial charge in [-0.3, -0.25) is 19.2 Å². The summed E-state index contributed by atoms with van der Waals surface area (Å²) < 4.78 is 11.8. The van der Waals surface area contributed by atoms with Crippen LogP contribution in [0.2, 0.25) is 0 Å². The summed E-state index contributed by atoms with van der Waals surface area (Å²) in [4.78, 5) is 56.8. The van der Waals surface area contributed by atoms with Crippen LogP contribution in [0.25, 0.3) is 23.5 Å². The smallest absolute Gasteiger partial charge is 0.261 e. The van der Waals surface area contributed by atoms with Crippen molar-refractivity contribution in [2.45, 2.75) is 90.9 Å². The number of ether oxygens (including phenoxy) is 2. The van der Waals surface area contributed by atoms with Gasteiger partial charge in [-0.25, -0.2) is 0 Å². The molecule has 6 rings (SSSR count). The zero-order chi connectivity index (χ0) is 42.1. The monoisotopic (exact) mass is 844 g/mol. The molecule has 0 saturated carbocycles. The third kappa shape index (κ3) is 12.4. The average Bonchev–Trinajstić information content (AvgIpc) is 4.07. The summed E-state index contributed by atoms with van der Waals surface area (Å²) in [6, 6.07) is 23.6. The predicted octanol–water partition coefficient (Wildman–Crippen LogP) is 11.7. The van der Waals surface area contributed by atoms with Crippen molar-refractivity contribution >= 4 is 69.6 Å². The second-order valence-corrected chi connectivity index (χ2v) is 17.2. The Kier molecular flexibility index (Phi) is 16.9. The molecule has 0 fully saturated rings. The molecule has 0 N–H and O–H groups in total. The second-order valence-electron chi connectivity index (χ2n) is 15.3. The summed E-state index contributed by atoms with van der Waals surface area (Å²) in [7, 11) is 0. The van der Waals surface area contributed by atoms with Crippen molar-refractivity contribution in [1.29, 1.82) is 0 Å². The van der Waals surface area contributed by atoms with Gasteiger partial charge in [0.1, 0.15) is 11.5 Å². The van der Waals surface area contributed by atoms with Gasteiger partial charge in [0.2, 0.25) is 0 Å². The van der Waals surface area contributed by atoms with E-state index in [-0.39, 0.29) is 23.4 Å². The molecule has 314 valence electrons. The van der Waals surface area contributed by atoms with E-state index >= 15 is 0 Å². The standard InChI is InChI=1S/C50H56N2O6S2/c1-37(53)19-21-39-23-27-41(28-24-39)57-33-13-9-5-3-7-11-31-51-47(43-17-15-35-59-43)45-46(49(51)55)48(44-18-16-36-60-44)52(50(45)56)32-12-8-4-6-10-14-34-58-42-29-25-40(26-30-42)22-20-38(2)54/h15-30,35-36H,3-14,31-34H2,1-2H3/b21-19+,22-20?. The third-order valence-corrected chi connectivity index (χ3v) is 12.3. The van der Waals surface area contributed by atoms with E-state index in [1.807, 2.05) is 93.4 Å². The van der Waals surface area contributed by atoms with Gasteiger partial charge in [0.25, 0.3) is 11.8 Å². The number of carbonyl (C=O) groups excluding carboxylic acids is 4. The molecule has 0 aliphatic carbocycles. The molecule has 0 spiro atoms. The lowest BCUT2D eigenvalue weighted by Crippen LogP contribution is -2.30. The van der Waals surface area contributed by atoms with Crippen molar-refractivity contribution in [2.24, 2.45) is 0 Å². The molecular weight excluding hydrogens is 789 g/mol. The maximum atomic E-state index is 14.4. The molecule has 10 heteroatoms. The topological polar surface area (TPSA) is 93.2 Å². The quantitative estimate of drug-likeness (QED) is 0.0462. The van der Waals surface area contributed by atoms with Crippen LogP contribution in [0.15, 0.2) is 107 Å². The molecule has 4 aromatic rings. The van der Waals surface area contributed by atoms with E-state index in [0.29, 0.717) is 37.4 Å². The molecular formula is C50H56N2O6S2. The third-order valence-electron chi connectivity index (χ3n) is 10.6. The maximum absolute atomic E-state index is 14.4. The predicted molar refractivity (Wildman–Crippen MR) is 245 cm³/mol. The number of amides is 2. The van der Waals surface area contributed by atoms with E-state index < -0.39 is 0 Å². The number of ketones is 2. The molecule has 4 heterocycles. The first-order valence-electron chi connectivity index (χ1n) is 21.3. The number of rotatable bonds is 26. The normalized spacial score (nSPS) is 14.1. The van der Waals surface area contributed by atoms with Gasteiger partial charge in [0.15, 0.2) is 11.6 Å². The van der Waals surface area contributed by atoms with E-state index in [1.165, 1.54) is 13.8 Å². The van der Waals surface area contributed by atoms with Crippen molar-refractivity contribution in [1.82, 2.24) is 9.80 Å². The van der Waals surface area contributed by atoms with Crippen LogP contribution in [0.3, 0.4) is 0 Å². The minimum Gasteiger partial charge on any atom is -0.494 e. The lowest BCUT2D eigenvalue weighted by molar-refractivity contribution is -0.124. The van der Waals surface area contributed by atoms with Crippen LogP contribution < -0.4 is 9.47 Å². The molecule has 0 unspecified atom stereocenters. The molecule has 8 nitrogen and oxygen atoms in total. The van der Waals surface area contributed by atoms with Crippen LogP contribution in [0.4, 0.5) is 0 Å². The highest BCUT2D eigenvalue weighted by Gasteiger charge is 2.49. The number of allylic oxidation sites excluding steroid dienone is 2. The van der Waals surface area contributed by atoms with Gasteiger partial charge in [-0.15, -0.1) is 22.7 Å². The fourth-order valence-electron chi connectivity index (χ4n) is 7.48. The number of nitrogens with zero attached hydrogens (tertiary/aromatic N) is 2. The minimum absolute atomic E-state index is 0.0258. The van der Waals surface area contributed by atoms with Gasteiger partial charge < -0.3 is 19.3 Å². The molecule has 0 saturated heterocycles. The number of hydrogen-bond donors (Lipinski definition) is 0. The number of thiophene rings is 2. The Morgan fingerprint density at radius 3 is 1.23 bits per heavy atom. The van der Waals surface area contributed by atoms with Crippen molar-refractivity contribution in [2.75, 3.05) is 26.3 Å². The summed E-state index contributed by atoms with van der Waals surface area (Å²) in [5.74, 6) is 1.59. The number of fused-ring (bicyclic) bond motifs is 1. The summed E-state index contributed by atoms with van der Waals surface area (Å²) in [6.07, 6.45) is 18.9. The molecule has 60 heavy (non-hydrogen) atoms. The Morgan fingerprint density at radius 2 is 0.883 bits per heavy atom. The SMILES string of the molecule is CC(=O)C=Cc1ccc(OCCCCCCCCN2C(=O)C3=C(c4cccs4)N(CCCCCCCCOc4ccc(/C=C/C(C)=O)cc4)C(=O)C3=C2c2cccs2)cc1. The van der Waals surface area contributed by atoms with Crippen LogP contribution in [0.5, 0.6) is 11.5 Å². The van der Waals surface area contributed by atoms with Crippen molar-refractivity contribution in [3.8, 4) is 11.5 Å². The van der Waals surface area contributed by atoms with Gasteiger partial charge in [-0.05, 0) is 110 Å². The highest BCUT2D eigenvalue weighted by Crippen LogP contribution is 2.48. The molecule has 2 aliphatic rings. The number of unbranched alkanes of at least 4 members (excludes halogenated alkanes) is 10. The lowest BCUT2D eigenvalue weighted by atomic mass is 10.1. The summed E-state index contributed by atoms with van der Waals surface area (Å²) in [6.45, 7) is 5.57. The summed E-state index contributed by atoms with van der Waals surface area (Å²) >= 11 is 3.15. The average molecular weight is 845 g/mol. The Hall–Kier alpha value is -5.32. The maximum Gasteiger partial charge on any atom is 0.261 e. The van der Waals surface area contributed by atoms with E-state index in [9.17, 15) is 19.2 Å². The first kappa shape index (κ1) is 44.2. The van der Waals surface area contributed by atoms with Crippen molar-refractivity contribution < 1.29 is 28.7 Å². The number of carbonyl (C=O) groups is 4. The zero-order valence-corrected chi connectivity index (χ0v) is 36.5. The fourth-order valence-corrected chi connectivity index (χ4v) is 9.05. The Balaban J connectivity index is 0.948. The molecule has 2 aliphatic heterocycles. The van der Waals surface area contributed by atoms with Gasteiger partial charge in [0, 0.05) is 13.1 Å². The first-order chi connectivity index (χ1) is 29.3. The Bertz CT molecular complexity index is 2010. The van der Waals surface area contributed by atoms with Crippen LogP contribution in [0.1, 0.15) is 112 Å². The van der Waals surface area contributed by atoms with Gasteiger partial charge in [-0.1, -0.05) is 99.9 Å². The van der Waals surface area contributed by atoms with Crippen LogP contribution in [0, 0.1) is 0 Å². The summed E-state index contributed by atoms with van der Waals surface area (Å²) in [5, 5.41) is 4.02. The van der Waals surface area contributed by atoms with Crippen LogP contribution >= 0.6 is 22.7 Å².